The molecule has 0 saturated carbocycles. The molecule has 0 aliphatic rings. The summed E-state index contributed by atoms with van der Waals surface area (Å²) < 4.78 is 93.4. The van der Waals surface area contributed by atoms with Crippen LogP contribution in [0.2, 0.25) is 0 Å². The molecule has 0 heterocycles. The molecule has 3 nitrogen and oxygen atoms in total. The lowest BCUT2D eigenvalue weighted by molar-refractivity contribution is -0.143. The van der Waals surface area contributed by atoms with E-state index in [1.807, 2.05) is 36.4 Å². The first kappa shape index (κ1) is 28.2. The lowest BCUT2D eigenvalue weighted by Gasteiger charge is -2.19. The SMILES string of the molecule is O=C(Pc1ccc(OCc2ccccc2)cc1OCc1ccccc1)c1c(C(F)(F)F)cccc1C(F)(F)F. The number of halogens is 6. The van der Waals surface area contributed by atoms with Gasteiger partial charge in [0.2, 0.25) is 0 Å². The standard InChI is InChI=1S/C29H21F6O3P/c30-28(31,32)22-12-7-13-23(29(33,34)35)26(22)27(36)39-25-15-14-21(37-17-19-8-3-1-4-9-19)16-24(25)38-18-20-10-5-2-6-11-20/h1-16,39H,17-18H2. The number of hydrogen-bond donors (Lipinski definition) is 0. The normalized spacial score (nSPS) is 12.1. The van der Waals surface area contributed by atoms with Gasteiger partial charge in [0.05, 0.1) is 11.1 Å². The molecule has 1 atom stereocenters. The first-order valence-electron chi connectivity index (χ1n) is 11.6. The van der Waals surface area contributed by atoms with Gasteiger partial charge in [-0.05, 0) is 44.0 Å². The first-order chi connectivity index (χ1) is 18.5. The van der Waals surface area contributed by atoms with Crippen LogP contribution in [0.15, 0.2) is 97.1 Å². The fourth-order valence-electron chi connectivity index (χ4n) is 3.75. The van der Waals surface area contributed by atoms with E-state index in [1.165, 1.54) is 18.2 Å². The van der Waals surface area contributed by atoms with Crippen LogP contribution >= 0.6 is 8.58 Å². The predicted molar refractivity (Wildman–Crippen MR) is 137 cm³/mol. The minimum absolute atomic E-state index is 0.0571. The second kappa shape index (κ2) is 11.9. The van der Waals surface area contributed by atoms with E-state index in [-0.39, 0.29) is 24.3 Å². The molecule has 39 heavy (non-hydrogen) atoms. The largest absolute Gasteiger partial charge is 0.489 e. The number of carbonyl (C=O) groups is 1. The molecule has 202 valence electrons. The van der Waals surface area contributed by atoms with Gasteiger partial charge >= 0.3 is 12.4 Å². The van der Waals surface area contributed by atoms with Crippen LogP contribution in [0.3, 0.4) is 0 Å². The van der Waals surface area contributed by atoms with E-state index < -0.39 is 43.1 Å². The second-order valence-corrected chi connectivity index (χ2v) is 9.63. The summed E-state index contributed by atoms with van der Waals surface area (Å²) in [5.41, 5.74) is -4.33. The van der Waals surface area contributed by atoms with Gasteiger partial charge in [0.15, 0.2) is 5.52 Å². The molecule has 0 amide bonds. The molecule has 4 rings (SSSR count). The minimum Gasteiger partial charge on any atom is -0.489 e. The highest BCUT2D eigenvalue weighted by atomic mass is 31.1. The van der Waals surface area contributed by atoms with E-state index in [4.69, 9.17) is 9.47 Å². The molecule has 0 spiro atoms. The number of carbonyl (C=O) groups excluding carboxylic acids is 1. The second-order valence-electron chi connectivity index (χ2n) is 8.38. The van der Waals surface area contributed by atoms with Crippen molar-refractivity contribution in [3.8, 4) is 11.5 Å². The van der Waals surface area contributed by atoms with Crippen molar-refractivity contribution in [2.45, 2.75) is 25.6 Å². The van der Waals surface area contributed by atoms with E-state index >= 15 is 0 Å². The summed E-state index contributed by atoms with van der Waals surface area (Å²) in [6.45, 7) is 0.273. The van der Waals surface area contributed by atoms with Gasteiger partial charge in [-0.15, -0.1) is 0 Å². The molecular weight excluding hydrogens is 541 g/mol. The highest BCUT2D eigenvalue weighted by Gasteiger charge is 2.42. The lowest BCUT2D eigenvalue weighted by atomic mass is 10.0. The Morgan fingerprint density at radius 1 is 0.641 bits per heavy atom. The van der Waals surface area contributed by atoms with Gasteiger partial charge in [0.1, 0.15) is 24.7 Å². The monoisotopic (exact) mass is 562 g/mol. The molecule has 0 N–H and O–H groups in total. The molecule has 4 aromatic rings. The maximum Gasteiger partial charge on any atom is 0.417 e. The topological polar surface area (TPSA) is 35.5 Å². The third-order valence-electron chi connectivity index (χ3n) is 5.59. The maximum absolute atomic E-state index is 13.6. The van der Waals surface area contributed by atoms with Crippen molar-refractivity contribution < 1.29 is 40.6 Å². The number of benzene rings is 4. The highest BCUT2D eigenvalue weighted by molar-refractivity contribution is 7.66. The lowest BCUT2D eigenvalue weighted by Crippen LogP contribution is -2.19. The van der Waals surface area contributed by atoms with Gasteiger partial charge in [-0.2, -0.15) is 26.3 Å². The van der Waals surface area contributed by atoms with Gasteiger partial charge in [-0.3, -0.25) is 4.79 Å². The Labute approximate surface area is 222 Å². The molecule has 0 fully saturated rings. The van der Waals surface area contributed by atoms with Gasteiger partial charge in [-0.1, -0.05) is 66.7 Å². The Kier molecular flexibility index (Phi) is 8.60. The van der Waals surface area contributed by atoms with Crippen molar-refractivity contribution in [1.29, 1.82) is 0 Å². The zero-order valence-electron chi connectivity index (χ0n) is 20.1. The summed E-state index contributed by atoms with van der Waals surface area (Å²) in [6, 6.07) is 24.2. The van der Waals surface area contributed by atoms with Crippen molar-refractivity contribution in [3.63, 3.8) is 0 Å². The molecular formula is C29H21F6O3P. The first-order valence-corrected chi connectivity index (χ1v) is 12.6. The average molecular weight is 562 g/mol. The van der Waals surface area contributed by atoms with Crippen LogP contribution in [0, 0.1) is 0 Å². The summed E-state index contributed by atoms with van der Waals surface area (Å²) in [5.74, 6) is 0.476. The summed E-state index contributed by atoms with van der Waals surface area (Å²) in [4.78, 5) is 13.1. The van der Waals surface area contributed by atoms with Crippen LogP contribution in [-0.2, 0) is 25.6 Å². The fraction of sp³-hybridized carbons (Fsp3) is 0.138. The zero-order chi connectivity index (χ0) is 28.0. The third-order valence-corrected chi connectivity index (χ3v) is 6.75. The molecule has 10 heteroatoms. The van der Waals surface area contributed by atoms with Crippen molar-refractivity contribution in [2.75, 3.05) is 0 Å². The van der Waals surface area contributed by atoms with Gasteiger partial charge in [-0.25, -0.2) is 0 Å². The maximum atomic E-state index is 13.6. The van der Waals surface area contributed by atoms with Crippen molar-refractivity contribution in [3.05, 3.63) is 125 Å². The summed E-state index contributed by atoms with van der Waals surface area (Å²) in [5, 5.41) is 0.146. The van der Waals surface area contributed by atoms with Crippen LogP contribution < -0.4 is 14.8 Å². The van der Waals surface area contributed by atoms with E-state index in [0.717, 1.165) is 11.1 Å². The van der Waals surface area contributed by atoms with Gasteiger partial charge < -0.3 is 9.47 Å². The van der Waals surface area contributed by atoms with Crippen LogP contribution in [-0.4, -0.2) is 5.52 Å². The van der Waals surface area contributed by atoms with Crippen LogP contribution in [0.1, 0.15) is 32.6 Å². The molecule has 0 aromatic heterocycles. The summed E-state index contributed by atoms with van der Waals surface area (Å²) in [7, 11) is -1.08. The quantitative estimate of drug-likeness (QED) is 0.153. The Hall–Kier alpha value is -3.84. The molecule has 0 bridgehead atoms. The van der Waals surface area contributed by atoms with Crippen LogP contribution in [0.25, 0.3) is 0 Å². The molecule has 4 aromatic carbocycles. The van der Waals surface area contributed by atoms with E-state index in [1.54, 1.807) is 24.3 Å². The molecule has 0 aliphatic carbocycles. The highest BCUT2D eigenvalue weighted by Crippen LogP contribution is 2.42. The molecule has 0 radical (unpaired) electrons. The van der Waals surface area contributed by atoms with E-state index in [0.29, 0.717) is 23.9 Å². The molecule has 0 aliphatic heterocycles. The smallest absolute Gasteiger partial charge is 0.417 e. The Bertz CT molecular complexity index is 1390. The number of hydrogen-bond acceptors (Lipinski definition) is 3. The molecule has 0 saturated heterocycles. The fourth-order valence-corrected chi connectivity index (χ4v) is 4.82. The Balaban J connectivity index is 1.67. The van der Waals surface area contributed by atoms with Crippen molar-refractivity contribution in [2.24, 2.45) is 0 Å². The van der Waals surface area contributed by atoms with Gasteiger partial charge in [0, 0.05) is 16.9 Å². The van der Waals surface area contributed by atoms with E-state index in [2.05, 4.69) is 0 Å². The Morgan fingerprint density at radius 2 is 1.15 bits per heavy atom. The van der Waals surface area contributed by atoms with E-state index in [9.17, 15) is 31.1 Å². The third kappa shape index (κ3) is 7.39. The Morgan fingerprint density at radius 3 is 1.67 bits per heavy atom. The average Bonchev–Trinajstić information content (AvgIpc) is 2.91. The van der Waals surface area contributed by atoms with Crippen LogP contribution in [0.4, 0.5) is 26.3 Å². The van der Waals surface area contributed by atoms with Crippen molar-refractivity contribution in [1.82, 2.24) is 0 Å². The summed E-state index contributed by atoms with van der Waals surface area (Å²) in [6.07, 6.45) is -10.3. The zero-order valence-corrected chi connectivity index (χ0v) is 21.1. The van der Waals surface area contributed by atoms with Crippen molar-refractivity contribution >= 4 is 19.4 Å². The summed E-state index contributed by atoms with van der Waals surface area (Å²) >= 11 is 0. The predicted octanol–water partition coefficient (Wildman–Crippen LogP) is 8.03. The number of ether oxygens (including phenoxy) is 2. The van der Waals surface area contributed by atoms with Gasteiger partial charge in [0.25, 0.3) is 0 Å². The minimum atomic E-state index is -5.15. The van der Waals surface area contributed by atoms with Crippen LogP contribution in [0.5, 0.6) is 11.5 Å². The number of alkyl halides is 6. The number of rotatable bonds is 9. The molecule has 1 unspecified atom stereocenters.